The zero-order chi connectivity index (χ0) is 25.6. The van der Waals surface area contributed by atoms with Gasteiger partial charge in [-0.1, -0.05) is 18.2 Å². The number of benzene rings is 2. The van der Waals surface area contributed by atoms with E-state index >= 15 is 0 Å². The molecule has 1 spiro atoms. The molecule has 1 atom stereocenters. The SMILES string of the molecule is COc1ccc(N2Cc3c(C)nc(NCC4CC4)nc3C3(CCN(Cc4ccccc4F)C3)C2=O)cc1. The molecule has 2 fully saturated rings. The van der Waals surface area contributed by atoms with Crippen LogP contribution in [0, 0.1) is 18.7 Å². The fourth-order valence-corrected chi connectivity index (χ4v) is 5.64. The number of nitrogens with one attached hydrogen (secondary N) is 1. The minimum absolute atomic E-state index is 0.0347. The van der Waals surface area contributed by atoms with Crippen LogP contribution in [0.5, 0.6) is 5.75 Å². The van der Waals surface area contributed by atoms with Crippen molar-refractivity contribution in [2.45, 2.75) is 44.7 Å². The molecule has 1 unspecified atom stereocenters. The van der Waals surface area contributed by atoms with E-state index in [0.717, 1.165) is 34.9 Å². The maximum atomic E-state index is 14.5. The van der Waals surface area contributed by atoms with Gasteiger partial charge in [0.15, 0.2) is 0 Å². The largest absolute Gasteiger partial charge is 0.497 e. The number of methoxy groups -OCH3 is 1. The molecule has 192 valence electrons. The second kappa shape index (κ2) is 9.41. The predicted molar refractivity (Wildman–Crippen MR) is 140 cm³/mol. The van der Waals surface area contributed by atoms with E-state index in [2.05, 4.69) is 10.2 Å². The zero-order valence-electron chi connectivity index (χ0n) is 21.3. The van der Waals surface area contributed by atoms with Crippen molar-refractivity contribution in [3.63, 3.8) is 0 Å². The van der Waals surface area contributed by atoms with Gasteiger partial charge in [0.2, 0.25) is 11.9 Å². The molecule has 2 aliphatic heterocycles. The van der Waals surface area contributed by atoms with E-state index in [1.165, 1.54) is 18.9 Å². The number of nitrogens with zero attached hydrogens (tertiary/aromatic N) is 4. The van der Waals surface area contributed by atoms with Crippen LogP contribution >= 0.6 is 0 Å². The topological polar surface area (TPSA) is 70.6 Å². The van der Waals surface area contributed by atoms with Gasteiger partial charge in [-0.05, 0) is 62.4 Å². The second-order valence-corrected chi connectivity index (χ2v) is 10.5. The first kappa shape index (κ1) is 23.9. The Bertz CT molecular complexity index is 1330. The number of aromatic nitrogens is 2. The van der Waals surface area contributed by atoms with Gasteiger partial charge in [-0.2, -0.15) is 0 Å². The average molecular weight is 502 g/mol. The minimum atomic E-state index is -0.817. The van der Waals surface area contributed by atoms with Crippen LogP contribution in [0.25, 0.3) is 0 Å². The molecule has 7 nitrogen and oxygen atoms in total. The van der Waals surface area contributed by atoms with E-state index < -0.39 is 5.41 Å². The van der Waals surface area contributed by atoms with Crippen molar-refractivity contribution in [1.29, 1.82) is 0 Å². The van der Waals surface area contributed by atoms with Gasteiger partial charge in [-0.25, -0.2) is 14.4 Å². The molecule has 3 aromatic rings. The Balaban J connectivity index is 1.38. The molecular formula is C29H32FN5O2. The van der Waals surface area contributed by atoms with Crippen molar-refractivity contribution < 1.29 is 13.9 Å². The molecule has 2 aromatic carbocycles. The van der Waals surface area contributed by atoms with E-state index in [1.54, 1.807) is 13.2 Å². The van der Waals surface area contributed by atoms with E-state index in [1.807, 2.05) is 48.2 Å². The van der Waals surface area contributed by atoms with Crippen LogP contribution in [0.2, 0.25) is 0 Å². The number of carbonyl (C=O) groups is 1. The fourth-order valence-electron chi connectivity index (χ4n) is 5.64. The molecule has 3 aliphatic rings. The highest BCUT2D eigenvalue weighted by atomic mass is 19.1. The highest BCUT2D eigenvalue weighted by Gasteiger charge is 2.53. The number of rotatable bonds is 7. The summed E-state index contributed by atoms with van der Waals surface area (Å²) in [6.07, 6.45) is 3.10. The minimum Gasteiger partial charge on any atom is -0.497 e. The number of amides is 1. The van der Waals surface area contributed by atoms with Crippen molar-refractivity contribution in [3.05, 3.63) is 76.9 Å². The first-order valence-electron chi connectivity index (χ1n) is 13.0. The third kappa shape index (κ3) is 4.44. The summed E-state index contributed by atoms with van der Waals surface area (Å²) in [5.41, 5.74) is 3.35. The van der Waals surface area contributed by atoms with Crippen LogP contribution in [0.4, 0.5) is 16.0 Å². The molecule has 1 saturated heterocycles. The number of hydrogen-bond acceptors (Lipinski definition) is 6. The highest BCUT2D eigenvalue weighted by Crippen LogP contribution is 2.44. The Morgan fingerprint density at radius 1 is 1.14 bits per heavy atom. The van der Waals surface area contributed by atoms with Gasteiger partial charge < -0.3 is 15.0 Å². The van der Waals surface area contributed by atoms with Crippen LogP contribution in [0.15, 0.2) is 48.5 Å². The Morgan fingerprint density at radius 2 is 1.92 bits per heavy atom. The van der Waals surface area contributed by atoms with Crippen LogP contribution in [-0.2, 0) is 23.3 Å². The summed E-state index contributed by atoms with van der Waals surface area (Å²) in [4.78, 5) is 28.1. The molecule has 37 heavy (non-hydrogen) atoms. The molecule has 1 saturated carbocycles. The van der Waals surface area contributed by atoms with E-state index in [-0.39, 0.29) is 11.7 Å². The van der Waals surface area contributed by atoms with Crippen molar-refractivity contribution in [1.82, 2.24) is 14.9 Å². The predicted octanol–water partition coefficient (Wildman–Crippen LogP) is 4.45. The summed E-state index contributed by atoms with van der Waals surface area (Å²) in [5.74, 6) is 1.84. The van der Waals surface area contributed by atoms with E-state index in [0.29, 0.717) is 50.0 Å². The monoisotopic (exact) mass is 501 g/mol. The fraction of sp³-hybridized carbons (Fsp3) is 0.414. The molecule has 3 heterocycles. The number of aryl methyl sites for hydroxylation is 1. The molecule has 1 aromatic heterocycles. The molecule has 0 bridgehead atoms. The molecular weight excluding hydrogens is 469 g/mol. The quantitative estimate of drug-likeness (QED) is 0.516. The van der Waals surface area contributed by atoms with Crippen molar-refractivity contribution >= 4 is 17.5 Å². The summed E-state index contributed by atoms with van der Waals surface area (Å²) in [6.45, 7) is 4.91. The number of carbonyl (C=O) groups excluding carboxylic acids is 1. The maximum Gasteiger partial charge on any atom is 0.240 e. The third-order valence-electron chi connectivity index (χ3n) is 7.97. The number of anilines is 2. The third-order valence-corrected chi connectivity index (χ3v) is 7.97. The molecule has 1 amide bonds. The van der Waals surface area contributed by atoms with Crippen molar-refractivity contribution in [2.75, 3.05) is 37.0 Å². The van der Waals surface area contributed by atoms with Gasteiger partial charge in [0.1, 0.15) is 17.0 Å². The van der Waals surface area contributed by atoms with E-state index in [4.69, 9.17) is 14.7 Å². The second-order valence-electron chi connectivity index (χ2n) is 10.5. The average Bonchev–Trinajstić information content (AvgIpc) is 3.65. The first-order valence-corrected chi connectivity index (χ1v) is 13.0. The summed E-state index contributed by atoms with van der Waals surface area (Å²) in [7, 11) is 1.63. The summed E-state index contributed by atoms with van der Waals surface area (Å²) >= 11 is 0. The van der Waals surface area contributed by atoms with Gasteiger partial charge in [0.05, 0.1) is 19.3 Å². The van der Waals surface area contributed by atoms with Gasteiger partial charge in [-0.15, -0.1) is 0 Å². The lowest BCUT2D eigenvalue weighted by Crippen LogP contribution is -2.53. The molecule has 0 radical (unpaired) electrons. The Labute approximate surface area is 216 Å². The van der Waals surface area contributed by atoms with Gasteiger partial charge in [0.25, 0.3) is 0 Å². The lowest BCUT2D eigenvalue weighted by Gasteiger charge is -2.40. The summed E-state index contributed by atoms with van der Waals surface area (Å²) < 4.78 is 19.8. The Morgan fingerprint density at radius 3 is 2.65 bits per heavy atom. The highest BCUT2D eigenvalue weighted by molar-refractivity contribution is 6.03. The van der Waals surface area contributed by atoms with Crippen LogP contribution in [0.1, 0.15) is 41.8 Å². The number of likely N-dealkylation sites (tertiary alicyclic amines) is 1. The van der Waals surface area contributed by atoms with Crippen LogP contribution in [0.3, 0.4) is 0 Å². The molecule has 6 rings (SSSR count). The van der Waals surface area contributed by atoms with Gasteiger partial charge >= 0.3 is 0 Å². The first-order chi connectivity index (χ1) is 18.0. The van der Waals surface area contributed by atoms with Crippen LogP contribution < -0.4 is 15.0 Å². The van der Waals surface area contributed by atoms with Crippen molar-refractivity contribution in [3.8, 4) is 5.75 Å². The number of ether oxygens (including phenoxy) is 1. The Kier molecular flexibility index (Phi) is 6.07. The summed E-state index contributed by atoms with van der Waals surface area (Å²) in [5, 5.41) is 3.41. The number of halogens is 1. The Hall–Kier alpha value is -3.52. The standard InChI is InChI=1S/C29H32FN5O2/c1-19-24-17-35(22-9-11-23(37-2)12-10-22)27(36)29(26(24)33-28(32-19)31-15-20-7-8-20)13-14-34(18-29)16-21-5-3-4-6-25(21)30/h3-6,9-12,20H,7-8,13-18H2,1-2H3,(H,31,32,33). The maximum absolute atomic E-state index is 14.5. The van der Waals surface area contributed by atoms with Gasteiger partial charge in [0, 0.05) is 48.7 Å². The summed E-state index contributed by atoms with van der Waals surface area (Å²) in [6, 6.07) is 14.4. The zero-order valence-corrected chi connectivity index (χ0v) is 21.3. The van der Waals surface area contributed by atoms with E-state index in [9.17, 15) is 9.18 Å². The lowest BCUT2D eigenvalue weighted by atomic mass is 9.76. The van der Waals surface area contributed by atoms with Crippen LogP contribution in [-0.4, -0.2) is 47.5 Å². The van der Waals surface area contributed by atoms with Gasteiger partial charge in [-0.3, -0.25) is 9.69 Å². The molecule has 8 heteroatoms. The van der Waals surface area contributed by atoms with Crippen molar-refractivity contribution in [2.24, 2.45) is 5.92 Å². The molecule has 1 N–H and O–H groups in total. The lowest BCUT2D eigenvalue weighted by molar-refractivity contribution is -0.124. The number of hydrogen-bond donors (Lipinski definition) is 1. The normalized spacial score (nSPS) is 21.4. The molecule has 1 aliphatic carbocycles. The number of fused-ring (bicyclic) bond motifs is 2. The smallest absolute Gasteiger partial charge is 0.240 e.